The Hall–Kier alpha value is -2.16. The molecule has 2 nitrogen and oxygen atoms in total. The van der Waals surface area contributed by atoms with E-state index in [0.717, 1.165) is 11.3 Å². The van der Waals surface area contributed by atoms with Crippen LogP contribution in [0.25, 0.3) is 0 Å². The average molecular weight is 271 g/mol. The van der Waals surface area contributed by atoms with Crippen molar-refractivity contribution in [2.24, 2.45) is 0 Å². The molecule has 20 heavy (non-hydrogen) atoms. The molecule has 0 atom stereocenters. The third kappa shape index (κ3) is 3.23. The molecule has 2 aromatic carbocycles. The maximum atomic E-state index is 13.2. The number of hydrogen-bond donors (Lipinski definition) is 1. The fraction of sp³-hybridized carbons (Fsp3) is 0.235. The molecular formula is C17H18FNO. The molecule has 0 aliphatic carbocycles. The lowest BCUT2D eigenvalue weighted by molar-refractivity contribution is 0.101. The number of hydrogen-bond acceptors (Lipinski definition) is 2. The molecule has 0 fully saturated rings. The van der Waals surface area contributed by atoms with Gasteiger partial charge < -0.3 is 5.32 Å². The summed E-state index contributed by atoms with van der Waals surface area (Å²) in [4.78, 5) is 12.1. The number of aryl methyl sites for hydroxylation is 3. The van der Waals surface area contributed by atoms with Crippen LogP contribution in [-0.4, -0.2) is 12.3 Å². The summed E-state index contributed by atoms with van der Waals surface area (Å²) in [6.45, 7) is 5.89. The fourth-order valence-electron chi connectivity index (χ4n) is 2.11. The van der Waals surface area contributed by atoms with Gasteiger partial charge in [-0.05, 0) is 56.2 Å². The molecule has 2 rings (SSSR count). The largest absolute Gasteiger partial charge is 0.377 e. The smallest absolute Gasteiger partial charge is 0.181 e. The summed E-state index contributed by atoms with van der Waals surface area (Å²) in [5.41, 5.74) is 4.26. The zero-order chi connectivity index (χ0) is 14.7. The van der Waals surface area contributed by atoms with Gasteiger partial charge in [0.1, 0.15) is 5.82 Å². The molecule has 3 heteroatoms. The fourth-order valence-corrected chi connectivity index (χ4v) is 2.11. The van der Waals surface area contributed by atoms with Gasteiger partial charge in [0.25, 0.3) is 0 Å². The maximum absolute atomic E-state index is 13.2. The van der Waals surface area contributed by atoms with Gasteiger partial charge >= 0.3 is 0 Å². The summed E-state index contributed by atoms with van der Waals surface area (Å²) in [6, 6.07) is 10.5. The highest BCUT2D eigenvalue weighted by Crippen LogP contribution is 2.16. The summed E-state index contributed by atoms with van der Waals surface area (Å²) in [6.07, 6.45) is 0. The molecule has 1 N–H and O–H groups in total. The zero-order valence-electron chi connectivity index (χ0n) is 12.0. The van der Waals surface area contributed by atoms with Gasteiger partial charge in [-0.15, -0.1) is 0 Å². The minimum Gasteiger partial charge on any atom is -0.377 e. The second-order valence-electron chi connectivity index (χ2n) is 5.06. The van der Waals surface area contributed by atoms with Crippen LogP contribution in [0.1, 0.15) is 27.0 Å². The van der Waals surface area contributed by atoms with Crippen molar-refractivity contribution in [2.75, 3.05) is 11.9 Å². The minimum absolute atomic E-state index is 0.0481. The Bertz CT molecular complexity index is 649. The lowest BCUT2D eigenvalue weighted by Crippen LogP contribution is -2.15. The first-order valence-electron chi connectivity index (χ1n) is 6.58. The van der Waals surface area contributed by atoms with Crippen LogP contribution < -0.4 is 5.32 Å². The van der Waals surface area contributed by atoms with Gasteiger partial charge in [0.05, 0.1) is 6.54 Å². The number of nitrogens with one attached hydrogen (secondary N) is 1. The molecule has 0 unspecified atom stereocenters. The lowest BCUT2D eigenvalue weighted by atomic mass is 10.1. The number of carbonyl (C=O) groups excluding carboxylic acids is 1. The monoisotopic (exact) mass is 271 g/mol. The number of rotatable bonds is 4. The molecule has 0 radical (unpaired) electrons. The Morgan fingerprint density at radius 1 is 1.05 bits per heavy atom. The predicted molar refractivity (Wildman–Crippen MR) is 79.9 cm³/mol. The van der Waals surface area contributed by atoms with E-state index in [4.69, 9.17) is 0 Å². The third-order valence-electron chi connectivity index (χ3n) is 3.30. The molecule has 0 amide bonds. The molecule has 0 saturated carbocycles. The van der Waals surface area contributed by atoms with Crippen LogP contribution in [0.15, 0.2) is 36.4 Å². The molecule has 0 heterocycles. The van der Waals surface area contributed by atoms with Crippen LogP contribution in [0, 0.1) is 26.6 Å². The first-order valence-corrected chi connectivity index (χ1v) is 6.58. The van der Waals surface area contributed by atoms with Gasteiger partial charge in [-0.3, -0.25) is 4.79 Å². The van der Waals surface area contributed by atoms with Crippen molar-refractivity contribution in [3.8, 4) is 0 Å². The highest BCUT2D eigenvalue weighted by atomic mass is 19.1. The summed E-state index contributed by atoms with van der Waals surface area (Å²) < 4.78 is 13.2. The molecule has 104 valence electrons. The van der Waals surface area contributed by atoms with Crippen LogP contribution in [0.2, 0.25) is 0 Å². The van der Waals surface area contributed by atoms with Crippen LogP contribution >= 0.6 is 0 Å². The number of ketones is 1. The summed E-state index contributed by atoms with van der Waals surface area (Å²) in [7, 11) is 0. The molecule has 0 spiro atoms. The number of carbonyl (C=O) groups is 1. The Balaban J connectivity index is 2.06. The minimum atomic E-state index is -0.288. The Kier molecular flexibility index (Phi) is 4.18. The van der Waals surface area contributed by atoms with Crippen molar-refractivity contribution in [1.29, 1.82) is 0 Å². The molecule has 0 aliphatic rings. The van der Waals surface area contributed by atoms with E-state index >= 15 is 0 Å². The van der Waals surface area contributed by atoms with E-state index in [1.165, 1.54) is 17.7 Å². The average Bonchev–Trinajstić information content (AvgIpc) is 2.40. The molecule has 0 bridgehead atoms. The van der Waals surface area contributed by atoms with Crippen molar-refractivity contribution in [3.63, 3.8) is 0 Å². The van der Waals surface area contributed by atoms with Crippen LogP contribution in [0.3, 0.4) is 0 Å². The first-order chi connectivity index (χ1) is 9.47. The summed E-state index contributed by atoms with van der Waals surface area (Å²) >= 11 is 0. The van der Waals surface area contributed by atoms with E-state index < -0.39 is 0 Å². The van der Waals surface area contributed by atoms with Crippen molar-refractivity contribution in [3.05, 3.63) is 64.5 Å². The number of benzene rings is 2. The second kappa shape index (κ2) is 5.87. The Morgan fingerprint density at radius 3 is 2.45 bits per heavy atom. The molecule has 0 aromatic heterocycles. The summed E-state index contributed by atoms with van der Waals surface area (Å²) in [5.74, 6) is -0.336. The quantitative estimate of drug-likeness (QED) is 0.850. The van der Waals surface area contributed by atoms with E-state index in [-0.39, 0.29) is 18.1 Å². The van der Waals surface area contributed by atoms with Gasteiger partial charge in [-0.1, -0.05) is 17.7 Å². The molecule has 0 aliphatic heterocycles. The van der Waals surface area contributed by atoms with Crippen molar-refractivity contribution in [2.45, 2.75) is 20.8 Å². The molecule has 0 saturated heterocycles. The normalized spacial score (nSPS) is 10.4. The van der Waals surface area contributed by atoms with Crippen molar-refractivity contribution in [1.82, 2.24) is 0 Å². The van der Waals surface area contributed by atoms with Gasteiger partial charge in [0, 0.05) is 11.3 Å². The third-order valence-corrected chi connectivity index (χ3v) is 3.30. The van der Waals surface area contributed by atoms with Gasteiger partial charge in [0.15, 0.2) is 5.78 Å². The van der Waals surface area contributed by atoms with Crippen LogP contribution in [0.5, 0.6) is 0 Å². The van der Waals surface area contributed by atoms with Gasteiger partial charge in [-0.25, -0.2) is 4.39 Å². The van der Waals surface area contributed by atoms with Crippen molar-refractivity contribution < 1.29 is 9.18 Å². The first kappa shape index (κ1) is 14.3. The topological polar surface area (TPSA) is 29.1 Å². The number of halogens is 1. The Morgan fingerprint density at radius 2 is 1.80 bits per heavy atom. The lowest BCUT2D eigenvalue weighted by Gasteiger charge is -2.10. The highest BCUT2D eigenvalue weighted by molar-refractivity contribution is 5.99. The molecular weight excluding hydrogens is 253 g/mol. The predicted octanol–water partition coefficient (Wildman–Crippen LogP) is 4.05. The van der Waals surface area contributed by atoms with Crippen molar-refractivity contribution >= 4 is 11.5 Å². The molecule has 2 aromatic rings. The van der Waals surface area contributed by atoms with E-state index in [0.29, 0.717) is 11.1 Å². The highest BCUT2D eigenvalue weighted by Gasteiger charge is 2.08. The van der Waals surface area contributed by atoms with E-state index in [9.17, 15) is 9.18 Å². The van der Waals surface area contributed by atoms with Crippen LogP contribution in [0.4, 0.5) is 10.1 Å². The van der Waals surface area contributed by atoms with Gasteiger partial charge in [0.2, 0.25) is 0 Å². The Labute approximate surface area is 118 Å². The SMILES string of the molecule is Cc1ccc(NCC(=O)c2ccc(F)c(C)c2)c(C)c1. The summed E-state index contributed by atoms with van der Waals surface area (Å²) in [5, 5.41) is 3.13. The number of Topliss-reactive ketones (excluding diaryl/α,β-unsaturated/α-hetero) is 1. The number of anilines is 1. The van der Waals surface area contributed by atoms with E-state index in [1.54, 1.807) is 13.0 Å². The second-order valence-corrected chi connectivity index (χ2v) is 5.06. The van der Waals surface area contributed by atoms with E-state index in [2.05, 4.69) is 11.4 Å². The van der Waals surface area contributed by atoms with Crippen LogP contribution in [-0.2, 0) is 0 Å². The standard InChI is InChI=1S/C17H18FNO/c1-11-4-7-16(13(3)8-11)19-10-17(20)14-5-6-15(18)12(2)9-14/h4-9,19H,10H2,1-3H3. The maximum Gasteiger partial charge on any atom is 0.181 e. The zero-order valence-corrected chi connectivity index (χ0v) is 12.0. The van der Waals surface area contributed by atoms with Gasteiger partial charge in [-0.2, -0.15) is 0 Å². The van der Waals surface area contributed by atoms with E-state index in [1.807, 2.05) is 26.0 Å².